The van der Waals surface area contributed by atoms with E-state index in [9.17, 15) is 0 Å². The van der Waals surface area contributed by atoms with Crippen LogP contribution in [0.2, 0.25) is 0 Å². The number of ether oxygens (including phenoxy) is 2. The van der Waals surface area contributed by atoms with Crippen LogP contribution >= 0.6 is 0 Å². The van der Waals surface area contributed by atoms with Crippen LogP contribution in [0.3, 0.4) is 0 Å². The Morgan fingerprint density at radius 2 is 1.50 bits per heavy atom. The van der Waals surface area contributed by atoms with Crippen LogP contribution in [0.5, 0.6) is 11.5 Å². The van der Waals surface area contributed by atoms with Gasteiger partial charge in [0.15, 0.2) is 0 Å². The van der Waals surface area contributed by atoms with Crippen molar-refractivity contribution in [2.45, 2.75) is 0 Å². The number of aromatic nitrogens is 1. The monoisotopic (exact) mass is 405 g/mol. The number of rotatable bonds is 3. The summed E-state index contributed by atoms with van der Waals surface area (Å²) in [6.45, 7) is 0.282. The zero-order chi connectivity index (χ0) is 17.3. The van der Waals surface area contributed by atoms with E-state index in [1.54, 1.807) is 0 Å². The van der Waals surface area contributed by atoms with Gasteiger partial charge < -0.3 is 0 Å². The molecule has 0 aliphatic carbocycles. The van der Waals surface area contributed by atoms with Crippen molar-refractivity contribution in [1.82, 2.24) is 4.98 Å². The van der Waals surface area contributed by atoms with Gasteiger partial charge in [0.1, 0.15) is 0 Å². The molecule has 1 aromatic heterocycles. The minimum absolute atomic E-state index is 0.132. The molecule has 0 atom stereocenters. The van der Waals surface area contributed by atoms with Crippen LogP contribution in [0, 0.1) is 0 Å². The molecule has 1 aliphatic heterocycles. The van der Waals surface area contributed by atoms with Gasteiger partial charge in [0.25, 0.3) is 0 Å². The van der Waals surface area contributed by atoms with Crippen molar-refractivity contribution in [3.05, 3.63) is 79.0 Å². The SMILES string of the molecule is c1ccc([Se]c2c(-c3ccccc3)ncc3cc4c(cc23)OCO4)cc1. The third-order valence-electron chi connectivity index (χ3n) is 4.35. The normalized spacial score (nSPS) is 12.5. The molecule has 0 fully saturated rings. The molecule has 0 saturated carbocycles. The van der Waals surface area contributed by atoms with Gasteiger partial charge in [-0.25, -0.2) is 0 Å². The van der Waals surface area contributed by atoms with Gasteiger partial charge in [-0.3, -0.25) is 0 Å². The molecule has 26 heavy (non-hydrogen) atoms. The van der Waals surface area contributed by atoms with Crippen molar-refractivity contribution in [2.75, 3.05) is 6.79 Å². The summed E-state index contributed by atoms with van der Waals surface area (Å²) in [5.41, 5.74) is 2.18. The van der Waals surface area contributed by atoms with Crippen LogP contribution in [-0.4, -0.2) is 26.7 Å². The van der Waals surface area contributed by atoms with E-state index in [0.717, 1.165) is 28.1 Å². The molecule has 0 N–H and O–H groups in total. The van der Waals surface area contributed by atoms with Crippen molar-refractivity contribution in [2.24, 2.45) is 0 Å². The standard InChI is InChI=1S/C22H15NO2Se/c1-3-7-15(8-4-1)21-22(26-17-9-5-2-6-10-17)18-12-20-19(24-14-25-20)11-16(18)13-23-21/h1-13H,14H2. The Morgan fingerprint density at radius 1 is 0.808 bits per heavy atom. The topological polar surface area (TPSA) is 31.4 Å². The summed E-state index contributed by atoms with van der Waals surface area (Å²) in [7, 11) is 0. The zero-order valence-corrected chi connectivity index (χ0v) is 15.6. The Balaban J connectivity index is 1.75. The summed E-state index contributed by atoms with van der Waals surface area (Å²) in [6.07, 6.45) is 1.93. The molecule has 0 unspecified atom stereocenters. The van der Waals surface area contributed by atoms with Crippen LogP contribution < -0.4 is 18.4 Å². The molecule has 4 heteroatoms. The van der Waals surface area contributed by atoms with Gasteiger partial charge in [-0.05, 0) is 0 Å². The fourth-order valence-electron chi connectivity index (χ4n) is 3.09. The Bertz CT molecular complexity index is 1080. The number of hydrogen-bond donors (Lipinski definition) is 0. The van der Waals surface area contributed by atoms with Crippen LogP contribution in [0.1, 0.15) is 0 Å². The van der Waals surface area contributed by atoms with Crippen LogP contribution in [0.4, 0.5) is 0 Å². The Kier molecular flexibility index (Phi) is 3.85. The predicted molar refractivity (Wildman–Crippen MR) is 105 cm³/mol. The third kappa shape index (κ3) is 2.74. The van der Waals surface area contributed by atoms with Crippen molar-refractivity contribution in [3.8, 4) is 22.8 Å². The first-order valence-electron chi connectivity index (χ1n) is 8.39. The van der Waals surface area contributed by atoms with Crippen molar-refractivity contribution in [3.63, 3.8) is 0 Å². The predicted octanol–water partition coefficient (Wildman–Crippen LogP) is 3.29. The minimum atomic E-state index is 0.132. The van der Waals surface area contributed by atoms with Crippen molar-refractivity contribution in [1.29, 1.82) is 0 Å². The molecular formula is C22H15NO2Se. The third-order valence-corrected chi connectivity index (χ3v) is 6.71. The van der Waals surface area contributed by atoms with E-state index in [0.29, 0.717) is 0 Å². The van der Waals surface area contributed by atoms with Gasteiger partial charge in [-0.15, -0.1) is 0 Å². The summed E-state index contributed by atoms with van der Waals surface area (Å²) < 4.78 is 13.7. The molecule has 126 valence electrons. The molecule has 1 aliphatic rings. The van der Waals surface area contributed by atoms with Gasteiger partial charge in [-0.1, -0.05) is 0 Å². The second-order valence-electron chi connectivity index (χ2n) is 6.01. The summed E-state index contributed by atoms with van der Waals surface area (Å²) in [4.78, 5) is 4.82. The molecule has 0 radical (unpaired) electrons. The van der Waals surface area contributed by atoms with Gasteiger partial charge in [0, 0.05) is 0 Å². The maximum absolute atomic E-state index is 5.62. The summed E-state index contributed by atoms with van der Waals surface area (Å²) in [5, 5.41) is 2.27. The maximum atomic E-state index is 5.62. The van der Waals surface area contributed by atoms with E-state index in [1.165, 1.54) is 14.3 Å². The summed E-state index contributed by atoms with van der Waals surface area (Å²) >= 11 is 0.132. The fraction of sp³-hybridized carbons (Fsp3) is 0.0455. The first-order chi connectivity index (χ1) is 12.9. The molecule has 3 aromatic carbocycles. The van der Waals surface area contributed by atoms with E-state index in [2.05, 4.69) is 60.7 Å². The van der Waals surface area contributed by atoms with E-state index in [1.807, 2.05) is 18.3 Å². The average Bonchev–Trinajstić information content (AvgIpc) is 3.15. The summed E-state index contributed by atoms with van der Waals surface area (Å²) in [5.74, 6) is 1.61. The van der Waals surface area contributed by atoms with Crippen molar-refractivity contribution >= 4 is 34.7 Å². The van der Waals surface area contributed by atoms with Crippen LogP contribution in [0.15, 0.2) is 79.0 Å². The number of nitrogens with zero attached hydrogens (tertiary/aromatic N) is 1. The van der Waals surface area contributed by atoms with E-state index < -0.39 is 0 Å². The first-order valence-corrected chi connectivity index (χ1v) is 10.1. The quantitative estimate of drug-likeness (QED) is 0.491. The molecular weight excluding hydrogens is 389 g/mol. The second kappa shape index (κ2) is 6.49. The molecule has 0 bridgehead atoms. The molecule has 0 amide bonds. The van der Waals surface area contributed by atoms with Gasteiger partial charge in [0.05, 0.1) is 0 Å². The van der Waals surface area contributed by atoms with Gasteiger partial charge >= 0.3 is 158 Å². The van der Waals surface area contributed by atoms with Gasteiger partial charge in [-0.2, -0.15) is 0 Å². The molecule has 0 saturated heterocycles. The number of pyridine rings is 1. The zero-order valence-electron chi connectivity index (χ0n) is 13.9. The number of hydrogen-bond acceptors (Lipinski definition) is 3. The molecule has 4 aromatic rings. The van der Waals surface area contributed by atoms with Gasteiger partial charge in [0.2, 0.25) is 0 Å². The number of fused-ring (bicyclic) bond motifs is 2. The molecule has 0 spiro atoms. The van der Waals surface area contributed by atoms with E-state index in [-0.39, 0.29) is 21.7 Å². The second-order valence-corrected chi connectivity index (χ2v) is 8.28. The van der Waals surface area contributed by atoms with Crippen LogP contribution in [-0.2, 0) is 0 Å². The molecule has 5 rings (SSSR count). The van der Waals surface area contributed by atoms with Crippen LogP contribution in [0.25, 0.3) is 22.0 Å². The summed E-state index contributed by atoms with van der Waals surface area (Å²) in [6, 6.07) is 25.1. The molecule has 2 heterocycles. The molecule has 3 nitrogen and oxygen atoms in total. The van der Waals surface area contributed by atoms with E-state index in [4.69, 9.17) is 14.5 Å². The Morgan fingerprint density at radius 3 is 2.27 bits per heavy atom. The van der Waals surface area contributed by atoms with Crippen molar-refractivity contribution < 1.29 is 9.47 Å². The Hall–Kier alpha value is -2.81. The average molecular weight is 404 g/mol. The Labute approximate surface area is 157 Å². The number of benzene rings is 3. The first kappa shape index (κ1) is 15.4. The fourth-order valence-corrected chi connectivity index (χ4v) is 5.36. The van der Waals surface area contributed by atoms with E-state index >= 15 is 0 Å².